The average Bonchev–Trinajstić information content (AvgIpc) is 2.85. The van der Waals surface area contributed by atoms with Gasteiger partial charge in [-0.3, -0.25) is 0 Å². The Kier molecular flexibility index (Phi) is 4.88. The van der Waals surface area contributed by atoms with E-state index >= 15 is 0 Å². The minimum Gasteiger partial charge on any atom is -0.375 e. The van der Waals surface area contributed by atoms with Crippen molar-refractivity contribution in [2.45, 2.75) is 70.9 Å². The Morgan fingerprint density at radius 2 is 2.20 bits per heavy atom. The second kappa shape index (κ2) is 6.12. The molecule has 1 atom stereocenters. The van der Waals surface area contributed by atoms with Gasteiger partial charge in [-0.15, -0.1) is 11.3 Å². The third-order valence-electron chi connectivity index (χ3n) is 3.99. The standard InChI is InChI=1S/C16H28N2OS/c1-6-8-17-16(7-9-19-15(4,5)11-16)14-18-13(10-20-14)12(2)3/h10,12,17H,6-9,11H2,1-5H3. The monoisotopic (exact) mass is 296 g/mol. The third kappa shape index (κ3) is 3.41. The minimum atomic E-state index is -0.0807. The van der Waals surface area contributed by atoms with E-state index in [9.17, 15) is 0 Å². The summed E-state index contributed by atoms with van der Waals surface area (Å²) in [6, 6.07) is 0. The van der Waals surface area contributed by atoms with E-state index in [-0.39, 0.29) is 11.1 Å². The van der Waals surface area contributed by atoms with Crippen LogP contribution in [0.5, 0.6) is 0 Å². The Morgan fingerprint density at radius 1 is 1.45 bits per heavy atom. The van der Waals surface area contributed by atoms with E-state index in [0.29, 0.717) is 5.92 Å². The zero-order valence-corrected chi connectivity index (χ0v) is 14.3. The normalized spacial score (nSPS) is 26.1. The first kappa shape index (κ1) is 15.9. The first-order valence-electron chi connectivity index (χ1n) is 7.73. The largest absolute Gasteiger partial charge is 0.375 e. The maximum Gasteiger partial charge on any atom is 0.113 e. The maximum absolute atomic E-state index is 5.91. The molecule has 1 N–H and O–H groups in total. The Morgan fingerprint density at radius 3 is 2.75 bits per heavy atom. The molecule has 0 amide bonds. The predicted octanol–water partition coefficient (Wildman–Crippen LogP) is 4.05. The molecule has 0 bridgehead atoms. The molecule has 1 aromatic rings. The van der Waals surface area contributed by atoms with E-state index in [1.807, 2.05) is 0 Å². The topological polar surface area (TPSA) is 34.2 Å². The minimum absolute atomic E-state index is 0.00440. The van der Waals surface area contributed by atoms with Crippen LogP contribution in [0.15, 0.2) is 5.38 Å². The zero-order valence-electron chi connectivity index (χ0n) is 13.5. The van der Waals surface area contributed by atoms with Gasteiger partial charge in [0.05, 0.1) is 16.8 Å². The first-order valence-corrected chi connectivity index (χ1v) is 8.61. The van der Waals surface area contributed by atoms with Crippen LogP contribution in [0.2, 0.25) is 0 Å². The molecule has 0 saturated carbocycles. The van der Waals surface area contributed by atoms with Gasteiger partial charge in [0.2, 0.25) is 0 Å². The highest BCUT2D eigenvalue weighted by atomic mass is 32.1. The van der Waals surface area contributed by atoms with Crippen molar-refractivity contribution in [3.8, 4) is 0 Å². The van der Waals surface area contributed by atoms with Crippen LogP contribution in [0.4, 0.5) is 0 Å². The Balaban J connectivity index is 2.30. The number of hydrogen-bond donors (Lipinski definition) is 1. The summed E-state index contributed by atoms with van der Waals surface area (Å²) < 4.78 is 5.91. The highest BCUT2D eigenvalue weighted by Crippen LogP contribution is 2.41. The lowest BCUT2D eigenvalue weighted by atomic mass is 9.81. The van der Waals surface area contributed by atoms with E-state index in [0.717, 1.165) is 32.4 Å². The van der Waals surface area contributed by atoms with E-state index in [4.69, 9.17) is 9.72 Å². The van der Waals surface area contributed by atoms with Crippen molar-refractivity contribution in [3.05, 3.63) is 16.1 Å². The van der Waals surface area contributed by atoms with Crippen LogP contribution in [-0.2, 0) is 10.3 Å². The molecular formula is C16H28N2OS. The molecule has 114 valence electrons. The number of hydrogen-bond acceptors (Lipinski definition) is 4. The molecule has 1 aliphatic rings. The highest BCUT2D eigenvalue weighted by molar-refractivity contribution is 7.09. The van der Waals surface area contributed by atoms with Crippen molar-refractivity contribution >= 4 is 11.3 Å². The molecule has 4 heteroatoms. The van der Waals surface area contributed by atoms with Crippen molar-refractivity contribution in [3.63, 3.8) is 0 Å². The molecule has 3 nitrogen and oxygen atoms in total. The van der Waals surface area contributed by atoms with Crippen molar-refractivity contribution in [1.82, 2.24) is 10.3 Å². The predicted molar refractivity (Wildman–Crippen MR) is 85.4 cm³/mol. The zero-order chi connectivity index (χ0) is 14.8. The molecule has 0 aliphatic carbocycles. The summed E-state index contributed by atoms with van der Waals surface area (Å²) >= 11 is 1.81. The van der Waals surface area contributed by atoms with E-state index in [1.54, 1.807) is 11.3 Å². The number of thiazole rings is 1. The number of rotatable bonds is 5. The molecule has 1 fully saturated rings. The fourth-order valence-corrected chi connectivity index (χ4v) is 4.10. The van der Waals surface area contributed by atoms with Crippen molar-refractivity contribution in [2.75, 3.05) is 13.2 Å². The van der Waals surface area contributed by atoms with Gasteiger partial charge in [0.15, 0.2) is 0 Å². The van der Waals surface area contributed by atoms with E-state index < -0.39 is 0 Å². The molecule has 0 aromatic carbocycles. The second-order valence-electron chi connectivity index (χ2n) is 6.78. The van der Waals surface area contributed by atoms with Crippen LogP contribution in [-0.4, -0.2) is 23.7 Å². The van der Waals surface area contributed by atoms with E-state index in [1.165, 1.54) is 10.7 Å². The summed E-state index contributed by atoms with van der Waals surface area (Å²) in [5, 5.41) is 7.24. The number of nitrogens with one attached hydrogen (secondary N) is 1. The van der Waals surface area contributed by atoms with Crippen LogP contribution in [0.25, 0.3) is 0 Å². The van der Waals surface area contributed by atoms with Gasteiger partial charge in [-0.25, -0.2) is 4.98 Å². The molecule has 0 spiro atoms. The summed E-state index contributed by atoms with van der Waals surface area (Å²) in [4.78, 5) is 4.92. The molecule has 1 aromatic heterocycles. The molecule has 1 saturated heterocycles. The smallest absolute Gasteiger partial charge is 0.113 e. The Labute approximate surface area is 127 Å². The molecule has 20 heavy (non-hydrogen) atoms. The second-order valence-corrected chi connectivity index (χ2v) is 7.63. The van der Waals surface area contributed by atoms with Crippen LogP contribution in [0, 0.1) is 0 Å². The quantitative estimate of drug-likeness (QED) is 0.890. The van der Waals surface area contributed by atoms with E-state index in [2.05, 4.69) is 45.3 Å². The lowest BCUT2D eigenvalue weighted by Crippen LogP contribution is -2.52. The third-order valence-corrected chi connectivity index (χ3v) is 5.05. The number of ether oxygens (including phenoxy) is 1. The van der Waals surface area contributed by atoms with Crippen LogP contribution >= 0.6 is 11.3 Å². The Hall–Kier alpha value is -0.450. The SMILES string of the molecule is CCCNC1(c2nc(C(C)C)cs2)CCOC(C)(C)C1. The summed E-state index contributed by atoms with van der Waals surface area (Å²) in [5.74, 6) is 0.496. The number of nitrogens with zero attached hydrogens (tertiary/aromatic N) is 1. The summed E-state index contributed by atoms with van der Waals surface area (Å²) in [6.07, 6.45) is 3.15. The lowest BCUT2D eigenvalue weighted by Gasteiger charge is -2.44. The van der Waals surface area contributed by atoms with Gasteiger partial charge in [-0.1, -0.05) is 20.8 Å². The fourth-order valence-electron chi connectivity index (χ4n) is 2.91. The van der Waals surface area contributed by atoms with Gasteiger partial charge in [-0.05, 0) is 39.2 Å². The van der Waals surface area contributed by atoms with Crippen LogP contribution in [0.3, 0.4) is 0 Å². The van der Waals surface area contributed by atoms with Crippen molar-refractivity contribution < 1.29 is 4.74 Å². The molecule has 0 radical (unpaired) electrons. The highest BCUT2D eigenvalue weighted by Gasteiger charge is 2.43. The molecule has 1 aliphatic heterocycles. The van der Waals surface area contributed by atoms with Gasteiger partial charge in [0, 0.05) is 18.4 Å². The number of aromatic nitrogens is 1. The fraction of sp³-hybridized carbons (Fsp3) is 0.812. The van der Waals surface area contributed by atoms with Gasteiger partial charge in [0.25, 0.3) is 0 Å². The van der Waals surface area contributed by atoms with Gasteiger partial charge >= 0.3 is 0 Å². The summed E-state index contributed by atoms with van der Waals surface area (Å²) in [7, 11) is 0. The van der Waals surface area contributed by atoms with Gasteiger partial charge in [0.1, 0.15) is 5.01 Å². The van der Waals surface area contributed by atoms with Crippen molar-refractivity contribution in [2.24, 2.45) is 0 Å². The molecule has 1 unspecified atom stereocenters. The van der Waals surface area contributed by atoms with Crippen LogP contribution in [0.1, 0.15) is 70.5 Å². The van der Waals surface area contributed by atoms with Crippen molar-refractivity contribution in [1.29, 1.82) is 0 Å². The maximum atomic E-state index is 5.91. The average molecular weight is 296 g/mol. The molecule has 2 heterocycles. The molecule has 2 rings (SSSR count). The molecular weight excluding hydrogens is 268 g/mol. The summed E-state index contributed by atoms with van der Waals surface area (Å²) in [6.45, 7) is 12.8. The van der Waals surface area contributed by atoms with Gasteiger partial charge in [-0.2, -0.15) is 0 Å². The summed E-state index contributed by atoms with van der Waals surface area (Å²) in [5.41, 5.74) is 1.13. The Bertz CT molecular complexity index is 441. The van der Waals surface area contributed by atoms with Gasteiger partial charge < -0.3 is 10.1 Å². The first-order chi connectivity index (χ1) is 9.38. The lowest BCUT2D eigenvalue weighted by molar-refractivity contribution is -0.0898. The van der Waals surface area contributed by atoms with Crippen LogP contribution < -0.4 is 5.32 Å².